The highest BCUT2D eigenvalue weighted by Crippen LogP contribution is 2.37. The van der Waals surface area contributed by atoms with E-state index in [0.29, 0.717) is 50.8 Å². The molecule has 4 N–H and O–H groups in total. The second-order valence-corrected chi connectivity index (χ2v) is 8.10. The maximum absolute atomic E-state index is 13.9. The van der Waals surface area contributed by atoms with Crippen LogP contribution >= 0.6 is 11.3 Å². The fraction of sp³-hybridized carbons (Fsp3) is 0.350. The van der Waals surface area contributed by atoms with E-state index in [0.717, 1.165) is 12.8 Å². The highest BCUT2D eigenvalue weighted by atomic mass is 32.1. The van der Waals surface area contributed by atoms with Gasteiger partial charge < -0.3 is 20.9 Å². The molecule has 1 saturated carbocycles. The Bertz CT molecular complexity index is 1070. The Kier molecular flexibility index (Phi) is 5.33. The van der Waals surface area contributed by atoms with E-state index in [2.05, 4.69) is 15.3 Å². The summed E-state index contributed by atoms with van der Waals surface area (Å²) in [5, 5.41) is 14.1. The Balaban J connectivity index is 1.70. The largest absolute Gasteiger partial charge is 0.485 e. The summed E-state index contributed by atoms with van der Waals surface area (Å²) in [6, 6.07) is 4.17. The first-order valence-corrected chi connectivity index (χ1v) is 10.2. The number of thiophene rings is 1. The van der Waals surface area contributed by atoms with Gasteiger partial charge in [-0.2, -0.15) is 0 Å². The first-order chi connectivity index (χ1) is 13.9. The summed E-state index contributed by atoms with van der Waals surface area (Å²) in [4.78, 5) is 21.2. The van der Waals surface area contributed by atoms with Crippen molar-refractivity contribution in [2.24, 2.45) is 5.73 Å². The van der Waals surface area contributed by atoms with Crippen LogP contribution in [0.1, 0.15) is 40.9 Å². The monoisotopic (exact) mass is 416 g/mol. The third kappa shape index (κ3) is 3.88. The number of nitrogens with one attached hydrogen (secondary N) is 1. The van der Waals surface area contributed by atoms with Crippen LogP contribution in [0, 0.1) is 12.7 Å². The molecule has 1 aromatic carbocycles. The number of hydrogen-bond donors (Lipinski definition) is 3. The molecule has 2 atom stereocenters. The lowest BCUT2D eigenvalue weighted by molar-refractivity contribution is 0.00712. The summed E-state index contributed by atoms with van der Waals surface area (Å²) in [7, 11) is 0. The first-order valence-electron chi connectivity index (χ1n) is 9.39. The third-order valence-electron chi connectivity index (χ3n) is 5.09. The molecule has 3 aromatic rings. The van der Waals surface area contributed by atoms with E-state index in [1.165, 1.54) is 29.8 Å². The number of fused-ring (bicyclic) bond motifs is 1. The molecule has 1 amide bonds. The summed E-state index contributed by atoms with van der Waals surface area (Å²) in [6.07, 6.45) is 3.70. The molecule has 1 aliphatic carbocycles. The average Bonchev–Trinajstić information content (AvgIpc) is 3.04. The van der Waals surface area contributed by atoms with Gasteiger partial charge in [0.2, 0.25) is 0 Å². The highest BCUT2D eigenvalue weighted by molar-refractivity contribution is 7.20. The number of nitrogens with two attached hydrogens (primary N) is 1. The number of halogens is 1. The Morgan fingerprint density at radius 3 is 2.90 bits per heavy atom. The molecule has 7 nitrogen and oxygen atoms in total. The number of ether oxygens (including phenoxy) is 1. The number of aryl methyl sites for hydroxylation is 1. The molecule has 29 heavy (non-hydrogen) atoms. The zero-order valence-corrected chi connectivity index (χ0v) is 16.6. The molecule has 9 heteroatoms. The minimum Gasteiger partial charge on any atom is -0.485 e. The van der Waals surface area contributed by atoms with E-state index < -0.39 is 17.8 Å². The molecule has 152 valence electrons. The van der Waals surface area contributed by atoms with Gasteiger partial charge in [-0.25, -0.2) is 14.4 Å². The molecular formula is C20H21FN4O3S. The van der Waals surface area contributed by atoms with E-state index in [-0.39, 0.29) is 6.10 Å². The number of aromatic nitrogens is 2. The van der Waals surface area contributed by atoms with Crippen molar-refractivity contribution < 1.29 is 19.0 Å². The number of rotatable bonds is 5. The molecule has 1 aliphatic rings. The minimum atomic E-state index is -0.581. The fourth-order valence-corrected chi connectivity index (χ4v) is 4.60. The topological polar surface area (TPSA) is 110 Å². The van der Waals surface area contributed by atoms with Gasteiger partial charge in [-0.05, 0) is 43.9 Å². The number of primary amides is 1. The summed E-state index contributed by atoms with van der Waals surface area (Å²) < 4.78 is 19.9. The van der Waals surface area contributed by atoms with E-state index in [1.54, 1.807) is 13.0 Å². The third-order valence-corrected chi connectivity index (χ3v) is 6.31. The van der Waals surface area contributed by atoms with Crippen LogP contribution in [-0.4, -0.2) is 33.2 Å². The Morgan fingerprint density at radius 2 is 2.14 bits per heavy atom. The van der Waals surface area contributed by atoms with Crippen LogP contribution in [0.25, 0.3) is 10.2 Å². The zero-order valence-electron chi connectivity index (χ0n) is 15.8. The lowest BCUT2D eigenvalue weighted by Gasteiger charge is -2.29. The number of carbonyl (C=O) groups excluding carboxylic acids is 1. The number of carbonyl (C=O) groups is 1. The van der Waals surface area contributed by atoms with Gasteiger partial charge in [0.15, 0.2) is 0 Å². The predicted molar refractivity (Wildman–Crippen MR) is 109 cm³/mol. The van der Waals surface area contributed by atoms with Crippen molar-refractivity contribution in [3.8, 4) is 5.75 Å². The molecule has 0 unspecified atom stereocenters. The average molecular weight is 416 g/mol. The molecule has 0 radical (unpaired) electrons. The van der Waals surface area contributed by atoms with Crippen molar-refractivity contribution >= 4 is 39.0 Å². The second-order valence-electron chi connectivity index (χ2n) is 7.10. The Morgan fingerprint density at radius 1 is 1.34 bits per heavy atom. The fourth-order valence-electron chi connectivity index (χ4n) is 3.60. The zero-order chi connectivity index (χ0) is 20.5. The molecular weight excluding hydrogens is 395 g/mol. The standard InChI is InChI=1S/C20H21FN4O3S/c1-10-16-19(23-9-24-20(16)29-17(10)18(22)27)25-12-7-6-11(21)8-15(12)28-14-5-3-2-4-13(14)26/h6-9,13-14,26H,2-5H2,1H3,(H2,22,27)(H,23,24,25)/t13-,14-/m0/s1. The van der Waals surface area contributed by atoms with Crippen molar-refractivity contribution in [1.29, 1.82) is 0 Å². The molecule has 0 bridgehead atoms. The molecule has 2 heterocycles. The quantitative estimate of drug-likeness (QED) is 0.585. The van der Waals surface area contributed by atoms with E-state index in [9.17, 15) is 14.3 Å². The normalized spacial score (nSPS) is 19.3. The van der Waals surface area contributed by atoms with Crippen molar-refractivity contribution in [3.63, 3.8) is 0 Å². The predicted octanol–water partition coefficient (Wildman–Crippen LogP) is 3.66. The minimum absolute atomic E-state index is 0.297. The molecule has 0 saturated heterocycles. The molecule has 0 aliphatic heterocycles. The Labute approximate surface area is 170 Å². The lowest BCUT2D eigenvalue weighted by Crippen LogP contribution is -2.34. The number of hydrogen-bond acceptors (Lipinski definition) is 7. The van der Waals surface area contributed by atoms with Gasteiger partial charge in [-0.3, -0.25) is 4.79 Å². The maximum Gasteiger partial charge on any atom is 0.259 e. The molecule has 2 aromatic heterocycles. The van der Waals surface area contributed by atoms with E-state index >= 15 is 0 Å². The number of nitrogens with zero attached hydrogens (tertiary/aromatic N) is 2. The van der Waals surface area contributed by atoms with Crippen LogP contribution in [0.5, 0.6) is 5.75 Å². The smallest absolute Gasteiger partial charge is 0.259 e. The Hall–Kier alpha value is -2.78. The van der Waals surface area contributed by atoms with Crippen LogP contribution in [0.4, 0.5) is 15.9 Å². The summed E-state index contributed by atoms with van der Waals surface area (Å²) >= 11 is 1.20. The van der Waals surface area contributed by atoms with Crippen molar-refractivity contribution in [1.82, 2.24) is 9.97 Å². The summed E-state index contributed by atoms with van der Waals surface area (Å²) in [5.41, 5.74) is 6.65. The highest BCUT2D eigenvalue weighted by Gasteiger charge is 2.26. The molecule has 1 fully saturated rings. The van der Waals surface area contributed by atoms with Gasteiger partial charge in [-0.15, -0.1) is 11.3 Å². The summed E-state index contributed by atoms with van der Waals surface area (Å²) in [6.45, 7) is 1.79. The maximum atomic E-state index is 13.9. The van der Waals surface area contributed by atoms with Crippen molar-refractivity contribution in [3.05, 3.63) is 40.8 Å². The number of benzene rings is 1. The number of anilines is 2. The van der Waals surface area contributed by atoms with Crippen LogP contribution < -0.4 is 15.8 Å². The SMILES string of the molecule is Cc1c(C(N)=O)sc2ncnc(Nc3ccc(F)cc3O[C@H]3CCCC[C@@H]3O)c12. The van der Waals surface area contributed by atoms with E-state index in [4.69, 9.17) is 10.5 Å². The van der Waals surface area contributed by atoms with Crippen LogP contribution in [0.3, 0.4) is 0 Å². The number of aliphatic hydroxyl groups is 1. The van der Waals surface area contributed by atoms with Crippen LogP contribution in [0.2, 0.25) is 0 Å². The van der Waals surface area contributed by atoms with E-state index in [1.807, 2.05) is 0 Å². The summed E-state index contributed by atoms with van der Waals surface area (Å²) in [5.74, 6) is -0.192. The van der Waals surface area contributed by atoms with Gasteiger partial charge >= 0.3 is 0 Å². The van der Waals surface area contributed by atoms with Gasteiger partial charge in [-0.1, -0.05) is 6.42 Å². The lowest BCUT2D eigenvalue weighted by atomic mass is 9.95. The first kappa shape index (κ1) is 19.5. The number of amides is 1. The van der Waals surface area contributed by atoms with Crippen molar-refractivity contribution in [2.75, 3.05) is 5.32 Å². The van der Waals surface area contributed by atoms with Gasteiger partial charge in [0.05, 0.1) is 22.1 Å². The van der Waals surface area contributed by atoms with Crippen LogP contribution in [-0.2, 0) is 0 Å². The molecule has 4 rings (SSSR count). The number of aliphatic hydroxyl groups excluding tert-OH is 1. The van der Waals surface area contributed by atoms with Gasteiger partial charge in [0.25, 0.3) is 5.91 Å². The van der Waals surface area contributed by atoms with Gasteiger partial charge in [0.1, 0.15) is 34.6 Å². The van der Waals surface area contributed by atoms with Crippen LogP contribution in [0.15, 0.2) is 24.5 Å². The second kappa shape index (κ2) is 7.92. The van der Waals surface area contributed by atoms with Crippen molar-refractivity contribution in [2.45, 2.75) is 44.8 Å². The van der Waals surface area contributed by atoms with Gasteiger partial charge in [0, 0.05) is 6.07 Å². The molecule has 0 spiro atoms.